The Kier molecular flexibility index (Phi) is 4.76. The Hall–Kier alpha value is -2.57. The molecule has 1 atom stereocenters. The predicted octanol–water partition coefficient (Wildman–Crippen LogP) is 5.46. The van der Waals surface area contributed by atoms with Crippen LogP contribution in [0, 0.1) is 6.92 Å². The predicted molar refractivity (Wildman–Crippen MR) is 109 cm³/mol. The molecule has 4 aromatic rings. The summed E-state index contributed by atoms with van der Waals surface area (Å²) in [5.41, 5.74) is 3.65. The molecule has 2 aromatic heterocycles. The van der Waals surface area contributed by atoms with Crippen molar-refractivity contribution in [2.24, 2.45) is 0 Å². The summed E-state index contributed by atoms with van der Waals surface area (Å²) in [5, 5.41) is 4.74. The molecule has 0 spiro atoms. The van der Waals surface area contributed by atoms with Gasteiger partial charge in [-0.3, -0.25) is 4.79 Å². The first kappa shape index (κ1) is 17.8. The lowest BCUT2D eigenvalue weighted by Gasteiger charge is -2.13. The number of nitrogens with zero attached hydrogens (tertiary/aromatic N) is 2. The maximum absolute atomic E-state index is 12.6. The van der Waals surface area contributed by atoms with Crippen LogP contribution in [-0.2, 0) is 4.79 Å². The number of nitrogens with one attached hydrogen (secondary N) is 1. The van der Waals surface area contributed by atoms with Crippen molar-refractivity contribution in [1.82, 2.24) is 9.97 Å². The summed E-state index contributed by atoms with van der Waals surface area (Å²) >= 11 is 7.46. The summed E-state index contributed by atoms with van der Waals surface area (Å²) < 4.78 is 5.92. The van der Waals surface area contributed by atoms with Gasteiger partial charge < -0.3 is 9.73 Å². The van der Waals surface area contributed by atoms with Crippen LogP contribution in [0.15, 0.2) is 58.2 Å². The molecule has 0 radical (unpaired) electrons. The van der Waals surface area contributed by atoms with Gasteiger partial charge in [0, 0.05) is 16.1 Å². The summed E-state index contributed by atoms with van der Waals surface area (Å²) in [7, 11) is 0. The molecule has 7 heteroatoms. The zero-order chi connectivity index (χ0) is 19.0. The van der Waals surface area contributed by atoms with Crippen molar-refractivity contribution in [3.8, 4) is 0 Å². The highest BCUT2D eigenvalue weighted by Crippen LogP contribution is 2.34. The summed E-state index contributed by atoms with van der Waals surface area (Å²) in [4.78, 5) is 21.3. The van der Waals surface area contributed by atoms with Gasteiger partial charge in [-0.25, -0.2) is 9.97 Å². The quantitative estimate of drug-likeness (QED) is 0.366. The fourth-order valence-corrected chi connectivity index (χ4v) is 3.81. The first-order valence-electron chi connectivity index (χ1n) is 8.39. The highest BCUT2D eigenvalue weighted by Gasteiger charge is 2.20. The Morgan fingerprint density at radius 2 is 2.00 bits per heavy atom. The number of fused-ring (bicyclic) bond motifs is 3. The Balaban J connectivity index is 1.60. The third-order valence-electron chi connectivity index (χ3n) is 4.31. The monoisotopic (exact) mass is 397 g/mol. The van der Waals surface area contributed by atoms with Gasteiger partial charge in [-0.2, -0.15) is 0 Å². The van der Waals surface area contributed by atoms with E-state index in [4.69, 9.17) is 16.0 Å². The van der Waals surface area contributed by atoms with Gasteiger partial charge in [0.2, 0.25) is 5.91 Å². The Morgan fingerprint density at radius 3 is 2.85 bits per heavy atom. The van der Waals surface area contributed by atoms with Crippen molar-refractivity contribution in [3.63, 3.8) is 0 Å². The van der Waals surface area contributed by atoms with Gasteiger partial charge in [0.05, 0.1) is 5.25 Å². The van der Waals surface area contributed by atoms with E-state index in [9.17, 15) is 4.79 Å². The van der Waals surface area contributed by atoms with Crippen LogP contribution in [0.5, 0.6) is 0 Å². The smallest absolute Gasteiger partial charge is 0.237 e. The molecular formula is C20H16ClN3O2S. The van der Waals surface area contributed by atoms with Crippen molar-refractivity contribution in [3.05, 3.63) is 59.4 Å². The van der Waals surface area contributed by atoms with Gasteiger partial charge in [0.15, 0.2) is 5.58 Å². The average molecular weight is 398 g/mol. The molecule has 0 bridgehead atoms. The highest BCUT2D eigenvalue weighted by molar-refractivity contribution is 8.00. The van der Waals surface area contributed by atoms with E-state index in [-0.39, 0.29) is 11.2 Å². The summed E-state index contributed by atoms with van der Waals surface area (Å²) in [6.45, 7) is 3.70. The third-order valence-corrected chi connectivity index (χ3v) is 5.80. The number of hydrogen-bond acceptors (Lipinski definition) is 5. The van der Waals surface area contributed by atoms with E-state index in [0.29, 0.717) is 21.3 Å². The molecule has 27 heavy (non-hydrogen) atoms. The number of hydrogen-bond donors (Lipinski definition) is 1. The van der Waals surface area contributed by atoms with Gasteiger partial charge in [0.25, 0.3) is 0 Å². The van der Waals surface area contributed by atoms with Crippen molar-refractivity contribution < 1.29 is 9.21 Å². The number of carbonyl (C=O) groups is 1. The van der Waals surface area contributed by atoms with Crippen LogP contribution < -0.4 is 5.32 Å². The van der Waals surface area contributed by atoms with Gasteiger partial charge in [-0.1, -0.05) is 41.6 Å². The first-order valence-corrected chi connectivity index (χ1v) is 9.65. The van der Waals surface area contributed by atoms with E-state index in [0.717, 1.165) is 22.0 Å². The number of carbonyl (C=O) groups excluding carboxylic acids is 1. The SMILES string of the molecule is Cc1c(Cl)cccc1NC(=O)[C@@H](C)Sc1ncnc2c1oc1ccccc12. The van der Waals surface area contributed by atoms with Gasteiger partial charge in [0.1, 0.15) is 22.5 Å². The van der Waals surface area contributed by atoms with E-state index in [1.807, 2.05) is 50.2 Å². The van der Waals surface area contributed by atoms with E-state index in [1.165, 1.54) is 18.1 Å². The highest BCUT2D eigenvalue weighted by atomic mass is 35.5. The summed E-state index contributed by atoms with van der Waals surface area (Å²) in [6.07, 6.45) is 1.50. The minimum absolute atomic E-state index is 0.131. The number of amides is 1. The number of rotatable bonds is 4. The van der Waals surface area contributed by atoms with Crippen LogP contribution in [0.1, 0.15) is 12.5 Å². The largest absolute Gasteiger partial charge is 0.451 e. The molecule has 0 aliphatic carbocycles. The zero-order valence-corrected chi connectivity index (χ0v) is 16.3. The maximum Gasteiger partial charge on any atom is 0.237 e. The Bertz CT molecular complexity index is 1160. The molecule has 2 heterocycles. The Labute approximate surface area is 165 Å². The minimum Gasteiger partial charge on any atom is -0.451 e. The number of thioether (sulfide) groups is 1. The minimum atomic E-state index is -0.380. The molecule has 0 fully saturated rings. The maximum atomic E-state index is 12.6. The van der Waals surface area contributed by atoms with Crippen LogP contribution in [0.3, 0.4) is 0 Å². The molecule has 136 valence electrons. The van der Waals surface area contributed by atoms with Crippen LogP contribution in [0.25, 0.3) is 22.1 Å². The average Bonchev–Trinajstić information content (AvgIpc) is 3.05. The standard InChI is InChI=1S/C20H16ClN3O2S/c1-11-14(21)7-5-8-15(11)24-19(25)12(2)27-20-18-17(22-10-23-20)13-6-3-4-9-16(13)26-18/h3-10,12H,1-2H3,(H,24,25)/t12-/m1/s1. The lowest BCUT2D eigenvalue weighted by molar-refractivity contribution is -0.115. The number of aromatic nitrogens is 2. The van der Waals surface area contributed by atoms with Crippen molar-refractivity contribution in [2.75, 3.05) is 5.32 Å². The fourth-order valence-electron chi connectivity index (χ4n) is 2.78. The van der Waals surface area contributed by atoms with Gasteiger partial charge in [-0.05, 0) is 43.7 Å². The van der Waals surface area contributed by atoms with E-state index in [2.05, 4.69) is 15.3 Å². The molecule has 0 aliphatic rings. The molecule has 0 aliphatic heterocycles. The van der Waals surface area contributed by atoms with Crippen LogP contribution in [0.4, 0.5) is 5.69 Å². The molecule has 1 amide bonds. The van der Waals surface area contributed by atoms with E-state index >= 15 is 0 Å². The molecule has 0 saturated carbocycles. The van der Waals surface area contributed by atoms with Crippen LogP contribution in [0.2, 0.25) is 5.02 Å². The molecule has 4 rings (SSSR count). The van der Waals surface area contributed by atoms with Crippen molar-refractivity contribution >= 4 is 57.0 Å². The molecule has 0 saturated heterocycles. The molecule has 0 unspecified atom stereocenters. The van der Waals surface area contributed by atoms with Crippen molar-refractivity contribution in [2.45, 2.75) is 24.1 Å². The first-order chi connectivity index (χ1) is 13.0. The second kappa shape index (κ2) is 7.21. The van der Waals surface area contributed by atoms with Crippen LogP contribution >= 0.6 is 23.4 Å². The number of halogens is 1. The number of furan rings is 1. The van der Waals surface area contributed by atoms with Crippen molar-refractivity contribution in [1.29, 1.82) is 0 Å². The molecular weight excluding hydrogens is 382 g/mol. The Morgan fingerprint density at radius 1 is 1.19 bits per heavy atom. The summed E-state index contributed by atoms with van der Waals surface area (Å²) in [5.74, 6) is -0.131. The summed E-state index contributed by atoms with van der Waals surface area (Å²) in [6, 6.07) is 13.1. The topological polar surface area (TPSA) is 68.0 Å². The van der Waals surface area contributed by atoms with Crippen LogP contribution in [-0.4, -0.2) is 21.1 Å². The lowest BCUT2D eigenvalue weighted by Crippen LogP contribution is -2.23. The number of benzene rings is 2. The molecule has 1 N–H and O–H groups in total. The molecule has 2 aromatic carbocycles. The normalized spacial score (nSPS) is 12.4. The van der Waals surface area contributed by atoms with E-state index in [1.54, 1.807) is 6.07 Å². The fraction of sp³-hybridized carbons (Fsp3) is 0.150. The van der Waals surface area contributed by atoms with Gasteiger partial charge >= 0.3 is 0 Å². The lowest BCUT2D eigenvalue weighted by atomic mass is 10.2. The van der Waals surface area contributed by atoms with Gasteiger partial charge in [-0.15, -0.1) is 0 Å². The number of para-hydroxylation sites is 1. The van der Waals surface area contributed by atoms with E-state index < -0.39 is 0 Å². The zero-order valence-electron chi connectivity index (χ0n) is 14.7. The second-order valence-electron chi connectivity index (χ2n) is 6.12. The third kappa shape index (κ3) is 3.38. The number of anilines is 1. The molecule has 5 nitrogen and oxygen atoms in total. The second-order valence-corrected chi connectivity index (χ2v) is 7.85.